The maximum Gasteiger partial charge on any atom is 0.291 e. The molecule has 0 aliphatic carbocycles. The third-order valence-electron chi connectivity index (χ3n) is 4.24. The van der Waals surface area contributed by atoms with Crippen LogP contribution < -0.4 is 21.5 Å². The summed E-state index contributed by atoms with van der Waals surface area (Å²) in [6.45, 7) is 1.46. The van der Waals surface area contributed by atoms with E-state index in [1.807, 2.05) is 0 Å². The number of carbonyl (C=O) groups is 4. The topological polar surface area (TPSA) is 130 Å². The smallest absolute Gasteiger partial charge is 0.291 e. The van der Waals surface area contributed by atoms with Gasteiger partial charge in [0.25, 0.3) is 23.6 Å². The minimum absolute atomic E-state index is 0.0946. The number of para-hydroxylation sites is 1. The molecule has 0 bridgehead atoms. The molecule has 9 heteroatoms. The summed E-state index contributed by atoms with van der Waals surface area (Å²) < 4.78 is 5.04. The molecule has 9 nitrogen and oxygen atoms in total. The Balaban J connectivity index is 1.58. The van der Waals surface area contributed by atoms with Crippen molar-refractivity contribution in [2.75, 3.05) is 5.32 Å². The van der Waals surface area contributed by atoms with Crippen LogP contribution in [0, 0.1) is 0 Å². The van der Waals surface area contributed by atoms with Crippen molar-refractivity contribution in [3.8, 4) is 0 Å². The summed E-state index contributed by atoms with van der Waals surface area (Å²) in [5.74, 6) is -2.10. The minimum atomic E-state index is -0.961. The molecule has 1 heterocycles. The zero-order valence-corrected chi connectivity index (χ0v) is 16.5. The number of hydrazine groups is 1. The first-order chi connectivity index (χ1) is 15.0. The van der Waals surface area contributed by atoms with Gasteiger partial charge < -0.3 is 15.1 Å². The van der Waals surface area contributed by atoms with Gasteiger partial charge in [0.15, 0.2) is 5.76 Å². The Morgan fingerprint density at radius 2 is 1.48 bits per heavy atom. The molecule has 3 aromatic rings. The zero-order valence-electron chi connectivity index (χ0n) is 16.5. The highest BCUT2D eigenvalue weighted by Gasteiger charge is 2.20. The van der Waals surface area contributed by atoms with Crippen molar-refractivity contribution in [3.63, 3.8) is 0 Å². The second-order valence-corrected chi connectivity index (χ2v) is 6.48. The summed E-state index contributed by atoms with van der Waals surface area (Å²) in [6, 6.07) is 16.8. The second-order valence-electron chi connectivity index (χ2n) is 6.48. The molecule has 0 radical (unpaired) electrons. The van der Waals surface area contributed by atoms with E-state index in [9.17, 15) is 19.2 Å². The molecule has 2 aromatic carbocycles. The Kier molecular flexibility index (Phi) is 6.79. The standard InChI is InChI=1S/C22H20N4O5/c1-14(19(27)25-26-20(28)15-8-3-2-4-9-15)23-21(29)16-10-5-6-11-17(16)24-22(30)18-12-7-13-31-18/h2-14H,1H3,(H,23,29)(H,24,30)(H,25,27)(H,26,28). The average Bonchev–Trinajstić information content (AvgIpc) is 3.33. The highest BCUT2D eigenvalue weighted by molar-refractivity contribution is 6.08. The van der Waals surface area contributed by atoms with Crippen LogP contribution in [-0.4, -0.2) is 29.7 Å². The predicted molar refractivity (Wildman–Crippen MR) is 112 cm³/mol. The van der Waals surface area contributed by atoms with Crippen molar-refractivity contribution in [3.05, 3.63) is 89.9 Å². The Labute approximate surface area is 177 Å². The molecule has 1 aromatic heterocycles. The number of hydrogen-bond donors (Lipinski definition) is 4. The molecule has 1 atom stereocenters. The van der Waals surface area contributed by atoms with Crippen LogP contribution in [-0.2, 0) is 4.79 Å². The third-order valence-corrected chi connectivity index (χ3v) is 4.24. The van der Waals surface area contributed by atoms with Crippen LogP contribution in [0.3, 0.4) is 0 Å². The van der Waals surface area contributed by atoms with Gasteiger partial charge in [0.1, 0.15) is 6.04 Å². The van der Waals surface area contributed by atoms with Crippen molar-refractivity contribution in [2.24, 2.45) is 0 Å². The van der Waals surface area contributed by atoms with Gasteiger partial charge in [-0.2, -0.15) is 0 Å². The first-order valence-electron chi connectivity index (χ1n) is 9.35. The second kappa shape index (κ2) is 9.88. The van der Waals surface area contributed by atoms with Gasteiger partial charge in [0, 0.05) is 5.56 Å². The molecule has 0 aliphatic rings. The van der Waals surface area contributed by atoms with E-state index in [0.29, 0.717) is 5.56 Å². The summed E-state index contributed by atoms with van der Waals surface area (Å²) in [4.78, 5) is 49.1. The van der Waals surface area contributed by atoms with Crippen LogP contribution >= 0.6 is 0 Å². The molecule has 3 rings (SSSR count). The van der Waals surface area contributed by atoms with E-state index in [-0.39, 0.29) is 17.0 Å². The SMILES string of the molecule is CC(NC(=O)c1ccccc1NC(=O)c1ccco1)C(=O)NNC(=O)c1ccccc1. The summed E-state index contributed by atoms with van der Waals surface area (Å²) in [5, 5.41) is 5.13. The van der Waals surface area contributed by atoms with Crippen LogP contribution in [0.4, 0.5) is 5.69 Å². The van der Waals surface area contributed by atoms with E-state index in [1.165, 1.54) is 25.3 Å². The van der Waals surface area contributed by atoms with E-state index < -0.39 is 29.7 Å². The number of hydrogen-bond acceptors (Lipinski definition) is 5. The molecule has 1 unspecified atom stereocenters. The lowest BCUT2D eigenvalue weighted by molar-refractivity contribution is -0.123. The summed E-state index contributed by atoms with van der Waals surface area (Å²) in [6.07, 6.45) is 1.37. The van der Waals surface area contributed by atoms with Crippen LogP contribution in [0.25, 0.3) is 0 Å². The first-order valence-corrected chi connectivity index (χ1v) is 9.35. The van der Waals surface area contributed by atoms with Crippen molar-refractivity contribution in [1.82, 2.24) is 16.2 Å². The maximum atomic E-state index is 12.7. The number of anilines is 1. The number of furan rings is 1. The largest absolute Gasteiger partial charge is 0.459 e. The number of carbonyl (C=O) groups excluding carboxylic acids is 4. The molecule has 158 valence electrons. The van der Waals surface area contributed by atoms with Gasteiger partial charge in [0.05, 0.1) is 17.5 Å². The number of nitrogens with one attached hydrogen (secondary N) is 4. The fourth-order valence-electron chi connectivity index (χ4n) is 2.61. The summed E-state index contributed by atoms with van der Waals surface area (Å²) in [7, 11) is 0. The maximum absolute atomic E-state index is 12.7. The molecule has 31 heavy (non-hydrogen) atoms. The molecule has 4 amide bonds. The molecule has 4 N–H and O–H groups in total. The van der Waals surface area contributed by atoms with Gasteiger partial charge in [0.2, 0.25) is 0 Å². The van der Waals surface area contributed by atoms with Gasteiger partial charge in [-0.25, -0.2) is 0 Å². The van der Waals surface area contributed by atoms with Gasteiger partial charge >= 0.3 is 0 Å². The van der Waals surface area contributed by atoms with E-state index in [4.69, 9.17) is 4.42 Å². The monoisotopic (exact) mass is 420 g/mol. The highest BCUT2D eigenvalue weighted by Crippen LogP contribution is 2.16. The van der Waals surface area contributed by atoms with Crippen molar-refractivity contribution in [1.29, 1.82) is 0 Å². The van der Waals surface area contributed by atoms with Crippen LogP contribution in [0.2, 0.25) is 0 Å². The van der Waals surface area contributed by atoms with Gasteiger partial charge in [-0.05, 0) is 43.3 Å². The Morgan fingerprint density at radius 3 is 2.19 bits per heavy atom. The van der Waals surface area contributed by atoms with Crippen LogP contribution in [0.15, 0.2) is 77.4 Å². The fraction of sp³-hybridized carbons (Fsp3) is 0.0909. The lowest BCUT2D eigenvalue weighted by atomic mass is 10.1. The molecular weight excluding hydrogens is 400 g/mol. The van der Waals surface area contributed by atoms with E-state index in [1.54, 1.807) is 54.6 Å². The molecule has 0 aliphatic heterocycles. The number of rotatable bonds is 6. The molecule has 0 saturated heterocycles. The van der Waals surface area contributed by atoms with E-state index in [0.717, 1.165) is 0 Å². The lowest BCUT2D eigenvalue weighted by Crippen LogP contribution is -2.51. The predicted octanol–water partition coefficient (Wildman–Crippen LogP) is 2.11. The number of benzene rings is 2. The highest BCUT2D eigenvalue weighted by atomic mass is 16.3. The first kappa shape index (κ1) is 21.3. The van der Waals surface area contributed by atoms with Gasteiger partial charge in [-0.1, -0.05) is 30.3 Å². The summed E-state index contributed by atoms with van der Waals surface area (Å²) >= 11 is 0. The van der Waals surface area contributed by atoms with Crippen LogP contribution in [0.1, 0.15) is 38.2 Å². The Hall–Kier alpha value is -4.40. The van der Waals surface area contributed by atoms with Gasteiger partial charge in [-0.3, -0.25) is 30.0 Å². The zero-order chi connectivity index (χ0) is 22.2. The molecule has 0 saturated carbocycles. The van der Waals surface area contributed by atoms with Gasteiger partial charge in [-0.15, -0.1) is 0 Å². The van der Waals surface area contributed by atoms with E-state index in [2.05, 4.69) is 21.5 Å². The number of amides is 4. The average molecular weight is 420 g/mol. The summed E-state index contributed by atoms with van der Waals surface area (Å²) in [5.41, 5.74) is 5.35. The Morgan fingerprint density at radius 1 is 0.774 bits per heavy atom. The van der Waals surface area contributed by atoms with E-state index >= 15 is 0 Å². The molecular formula is C22H20N4O5. The molecule has 0 spiro atoms. The quantitative estimate of drug-likeness (QED) is 0.454. The van der Waals surface area contributed by atoms with Crippen molar-refractivity contribution in [2.45, 2.75) is 13.0 Å². The Bertz CT molecular complexity index is 1080. The third kappa shape index (κ3) is 5.57. The lowest BCUT2D eigenvalue weighted by Gasteiger charge is -2.16. The van der Waals surface area contributed by atoms with Crippen molar-refractivity contribution < 1.29 is 23.6 Å². The normalized spacial score (nSPS) is 11.1. The van der Waals surface area contributed by atoms with Crippen molar-refractivity contribution >= 4 is 29.3 Å². The minimum Gasteiger partial charge on any atom is -0.459 e. The van der Waals surface area contributed by atoms with Crippen LogP contribution in [0.5, 0.6) is 0 Å². The molecule has 0 fully saturated rings. The fourth-order valence-corrected chi connectivity index (χ4v) is 2.61.